The first-order valence-corrected chi connectivity index (χ1v) is 8.23. The zero-order valence-corrected chi connectivity index (χ0v) is 13.9. The molecule has 1 fully saturated rings. The van der Waals surface area contributed by atoms with Crippen molar-refractivity contribution in [3.05, 3.63) is 0 Å². The maximum atomic E-state index is 6.15. The molecule has 0 heterocycles. The van der Waals surface area contributed by atoms with E-state index < -0.39 is 0 Å². The van der Waals surface area contributed by atoms with Crippen molar-refractivity contribution in [2.45, 2.75) is 64.6 Å². The Bertz CT molecular complexity index is 225. The largest absolute Gasteiger partial charge is 0.373 e. The van der Waals surface area contributed by atoms with Crippen molar-refractivity contribution < 1.29 is 9.47 Å². The maximum absolute atomic E-state index is 6.15. The van der Waals surface area contributed by atoms with Gasteiger partial charge < -0.3 is 9.47 Å². The second-order valence-corrected chi connectivity index (χ2v) is 7.09. The van der Waals surface area contributed by atoms with E-state index in [9.17, 15) is 0 Å². The van der Waals surface area contributed by atoms with E-state index in [4.69, 9.17) is 9.47 Å². The van der Waals surface area contributed by atoms with E-state index in [2.05, 4.69) is 50.3 Å². The second-order valence-electron chi connectivity index (χ2n) is 6.33. The van der Waals surface area contributed by atoms with Gasteiger partial charge in [-0.2, -0.15) is 0 Å². The van der Waals surface area contributed by atoms with Crippen molar-refractivity contribution in [3.8, 4) is 0 Å². The molecular weight excluding hydrogens is 327 g/mol. The zero-order chi connectivity index (χ0) is 12.9. The van der Waals surface area contributed by atoms with Gasteiger partial charge in [-0.1, -0.05) is 42.4 Å². The van der Waals surface area contributed by atoms with Crippen LogP contribution in [0.1, 0.15) is 53.4 Å². The monoisotopic (exact) mass is 354 g/mol. The molecule has 0 N–H and O–H groups in total. The third kappa shape index (κ3) is 5.88. The molecule has 0 amide bonds. The molecule has 0 aromatic carbocycles. The average molecular weight is 354 g/mol. The van der Waals surface area contributed by atoms with Gasteiger partial charge in [0, 0.05) is 4.43 Å². The van der Waals surface area contributed by atoms with Gasteiger partial charge in [0.05, 0.1) is 24.4 Å². The fourth-order valence-corrected chi connectivity index (χ4v) is 3.42. The molecule has 0 saturated heterocycles. The number of hydrogen-bond donors (Lipinski definition) is 0. The Balaban J connectivity index is 2.31. The lowest BCUT2D eigenvalue weighted by Gasteiger charge is -2.39. The molecule has 0 spiro atoms. The van der Waals surface area contributed by atoms with Gasteiger partial charge >= 0.3 is 0 Å². The smallest absolute Gasteiger partial charge is 0.0775 e. The van der Waals surface area contributed by atoms with Gasteiger partial charge in [0.25, 0.3) is 0 Å². The Hall–Kier alpha value is 0.650. The molecule has 0 bridgehead atoms. The van der Waals surface area contributed by atoms with Gasteiger partial charge in [0.2, 0.25) is 0 Å². The summed E-state index contributed by atoms with van der Waals surface area (Å²) in [5.41, 5.74) is 0.0696. The summed E-state index contributed by atoms with van der Waals surface area (Å²) >= 11 is 2.47. The van der Waals surface area contributed by atoms with Crippen molar-refractivity contribution in [1.82, 2.24) is 0 Å². The van der Waals surface area contributed by atoms with Crippen molar-refractivity contribution in [1.29, 1.82) is 0 Å². The first kappa shape index (κ1) is 15.7. The maximum Gasteiger partial charge on any atom is 0.0775 e. The van der Waals surface area contributed by atoms with Crippen molar-refractivity contribution in [2.24, 2.45) is 5.92 Å². The lowest BCUT2D eigenvalue weighted by Crippen LogP contribution is -2.40. The van der Waals surface area contributed by atoms with Crippen LogP contribution in [-0.2, 0) is 9.47 Å². The van der Waals surface area contributed by atoms with Gasteiger partial charge in [-0.05, 0) is 39.5 Å². The number of hydrogen-bond acceptors (Lipinski definition) is 2. The average Bonchev–Trinajstić information content (AvgIpc) is 2.23. The van der Waals surface area contributed by atoms with Crippen LogP contribution in [0.4, 0.5) is 0 Å². The number of ether oxygens (including phenoxy) is 2. The van der Waals surface area contributed by atoms with Crippen molar-refractivity contribution in [3.63, 3.8) is 0 Å². The third-order valence-electron chi connectivity index (χ3n) is 3.32. The summed E-state index contributed by atoms with van der Waals surface area (Å²) < 4.78 is 13.0. The predicted molar refractivity (Wildman–Crippen MR) is 80.9 cm³/mol. The molecule has 17 heavy (non-hydrogen) atoms. The van der Waals surface area contributed by atoms with Gasteiger partial charge in [-0.15, -0.1) is 0 Å². The van der Waals surface area contributed by atoms with Gasteiger partial charge in [0.15, 0.2) is 0 Å². The van der Waals surface area contributed by atoms with Crippen LogP contribution in [-0.4, -0.2) is 28.8 Å². The molecule has 1 saturated carbocycles. The highest BCUT2D eigenvalue weighted by molar-refractivity contribution is 14.1. The summed E-state index contributed by atoms with van der Waals surface area (Å²) in [7, 11) is 0. The first-order valence-electron chi connectivity index (χ1n) is 6.71. The molecule has 0 radical (unpaired) electrons. The minimum atomic E-state index is -0.0549. The van der Waals surface area contributed by atoms with Gasteiger partial charge in [-0.25, -0.2) is 0 Å². The van der Waals surface area contributed by atoms with Crippen LogP contribution in [0, 0.1) is 5.92 Å². The molecule has 1 aliphatic carbocycles. The first-order chi connectivity index (χ1) is 7.87. The molecule has 0 aromatic rings. The molecule has 0 aromatic heterocycles. The van der Waals surface area contributed by atoms with Crippen LogP contribution >= 0.6 is 22.6 Å². The highest BCUT2D eigenvalue weighted by Gasteiger charge is 2.34. The summed E-state index contributed by atoms with van der Waals surface area (Å²) in [6.45, 7) is 10.0. The normalized spacial score (nSPS) is 30.5. The van der Waals surface area contributed by atoms with Crippen LogP contribution in [0.5, 0.6) is 0 Å². The van der Waals surface area contributed by atoms with Gasteiger partial charge in [0.1, 0.15) is 0 Å². The molecule has 2 nitrogen and oxygen atoms in total. The van der Waals surface area contributed by atoms with E-state index in [1.807, 2.05) is 0 Å². The minimum absolute atomic E-state index is 0.0549. The summed E-state index contributed by atoms with van der Waals surface area (Å²) in [4.78, 5) is 0. The summed E-state index contributed by atoms with van der Waals surface area (Å²) in [6.07, 6.45) is 5.10. The van der Waals surface area contributed by atoms with Crippen LogP contribution < -0.4 is 0 Å². The lowest BCUT2D eigenvalue weighted by molar-refractivity contribution is -0.100. The third-order valence-corrected chi connectivity index (χ3v) is 4.71. The van der Waals surface area contributed by atoms with Crippen molar-refractivity contribution in [2.75, 3.05) is 17.6 Å². The van der Waals surface area contributed by atoms with E-state index in [-0.39, 0.29) is 11.2 Å². The second kappa shape index (κ2) is 6.71. The number of alkyl halides is 1. The Kier molecular flexibility index (Phi) is 6.20. The predicted octanol–water partition coefficient (Wildman–Crippen LogP) is 4.20. The fourth-order valence-electron chi connectivity index (χ4n) is 2.51. The minimum Gasteiger partial charge on any atom is -0.373 e. The van der Waals surface area contributed by atoms with Crippen LogP contribution in [0.2, 0.25) is 0 Å². The fraction of sp³-hybridized carbons (Fsp3) is 1.00. The Morgan fingerprint density at radius 2 is 2.00 bits per heavy atom. The summed E-state index contributed by atoms with van der Waals surface area (Å²) in [5.74, 6) is 0.807. The molecule has 2 atom stereocenters. The molecule has 102 valence electrons. The Morgan fingerprint density at radius 1 is 1.29 bits per heavy atom. The molecule has 1 aliphatic rings. The zero-order valence-electron chi connectivity index (χ0n) is 11.7. The van der Waals surface area contributed by atoms with Crippen LogP contribution in [0.25, 0.3) is 0 Å². The van der Waals surface area contributed by atoms with E-state index >= 15 is 0 Å². The molecule has 2 unspecified atom stereocenters. The lowest BCUT2D eigenvalue weighted by atomic mass is 9.80. The highest BCUT2D eigenvalue weighted by Crippen LogP contribution is 2.36. The van der Waals surface area contributed by atoms with Crippen LogP contribution in [0.3, 0.4) is 0 Å². The van der Waals surface area contributed by atoms with Gasteiger partial charge in [-0.3, -0.25) is 0 Å². The Labute approximate surface area is 120 Å². The molecular formula is C14H27IO2. The molecule has 3 heteroatoms. The molecule has 0 aliphatic heterocycles. The summed E-state index contributed by atoms with van der Waals surface area (Å²) in [6, 6.07) is 0. The quantitative estimate of drug-likeness (QED) is 0.419. The standard InChI is InChI=1S/C14H27IO2/c1-12-6-5-7-14(10-12,11-15)17-9-8-16-13(2,3)4/h12H,5-11H2,1-4H3. The van der Waals surface area contributed by atoms with E-state index in [1.54, 1.807) is 0 Å². The molecule has 1 rings (SSSR count). The number of rotatable bonds is 5. The highest BCUT2D eigenvalue weighted by atomic mass is 127. The van der Waals surface area contributed by atoms with Crippen LogP contribution in [0.15, 0.2) is 0 Å². The van der Waals surface area contributed by atoms with Crippen molar-refractivity contribution >= 4 is 22.6 Å². The SMILES string of the molecule is CC1CCCC(CI)(OCCOC(C)(C)C)C1. The van der Waals surface area contributed by atoms with E-state index in [0.717, 1.165) is 17.0 Å². The Morgan fingerprint density at radius 3 is 2.53 bits per heavy atom. The topological polar surface area (TPSA) is 18.5 Å². The van der Waals surface area contributed by atoms with E-state index in [1.165, 1.54) is 25.7 Å². The number of halogens is 1. The van der Waals surface area contributed by atoms with E-state index in [0.29, 0.717) is 6.61 Å². The summed E-state index contributed by atoms with van der Waals surface area (Å²) in [5, 5.41) is 0.